The minimum atomic E-state index is -1.24. The second-order valence-electron chi connectivity index (χ2n) is 3.41. The van der Waals surface area contributed by atoms with Crippen molar-refractivity contribution < 1.29 is 9.90 Å². The van der Waals surface area contributed by atoms with Crippen molar-refractivity contribution in [3.8, 4) is 0 Å². The maximum absolute atomic E-state index is 11.9. The fourth-order valence-corrected chi connectivity index (χ4v) is 1.41. The number of aliphatic hydroxyl groups is 1. The lowest BCUT2D eigenvalue weighted by molar-refractivity contribution is 0.0268. The molecule has 0 amide bonds. The molecule has 0 fully saturated rings. The molecule has 0 saturated heterocycles. The van der Waals surface area contributed by atoms with Crippen molar-refractivity contribution >= 4 is 5.78 Å². The van der Waals surface area contributed by atoms with Gasteiger partial charge in [-0.25, -0.2) is 0 Å². The van der Waals surface area contributed by atoms with Crippen molar-refractivity contribution in [2.24, 2.45) is 7.05 Å². The van der Waals surface area contributed by atoms with Crippen LogP contribution in [0.1, 0.15) is 37.2 Å². The lowest BCUT2D eigenvalue weighted by atomic mass is 9.90. The summed E-state index contributed by atoms with van der Waals surface area (Å²) < 4.78 is 1.48. The number of nitrogens with zero attached hydrogens (tertiary/aromatic N) is 2. The highest BCUT2D eigenvalue weighted by Gasteiger charge is 2.34. The summed E-state index contributed by atoms with van der Waals surface area (Å²) >= 11 is 0. The van der Waals surface area contributed by atoms with Crippen molar-refractivity contribution in [1.82, 2.24) is 9.78 Å². The van der Waals surface area contributed by atoms with Gasteiger partial charge in [0, 0.05) is 13.2 Å². The van der Waals surface area contributed by atoms with Crippen LogP contribution in [0.2, 0.25) is 0 Å². The van der Waals surface area contributed by atoms with Gasteiger partial charge in [0.25, 0.3) is 0 Å². The van der Waals surface area contributed by atoms with E-state index in [-0.39, 0.29) is 5.78 Å². The molecule has 0 aliphatic rings. The molecule has 1 N–H and O–H groups in total. The molecule has 0 atom stereocenters. The van der Waals surface area contributed by atoms with Crippen LogP contribution in [0.15, 0.2) is 12.3 Å². The molecular weight excluding hydrogens is 180 g/mol. The lowest BCUT2D eigenvalue weighted by Crippen LogP contribution is -2.38. The van der Waals surface area contributed by atoms with Crippen molar-refractivity contribution in [2.45, 2.75) is 32.3 Å². The molecule has 4 heteroatoms. The van der Waals surface area contributed by atoms with Gasteiger partial charge in [-0.15, -0.1) is 0 Å². The smallest absolute Gasteiger partial charge is 0.212 e. The van der Waals surface area contributed by atoms with Gasteiger partial charge in [-0.3, -0.25) is 9.48 Å². The first-order valence-electron chi connectivity index (χ1n) is 4.80. The van der Waals surface area contributed by atoms with E-state index in [9.17, 15) is 9.90 Å². The SMILES string of the molecule is CCC(O)(CC)C(=O)c1ccnn1C. The van der Waals surface area contributed by atoms with Crippen LogP contribution in [-0.4, -0.2) is 26.3 Å². The molecule has 0 radical (unpaired) electrons. The molecule has 0 saturated carbocycles. The van der Waals surface area contributed by atoms with Crippen LogP contribution in [0.4, 0.5) is 0 Å². The summed E-state index contributed by atoms with van der Waals surface area (Å²) in [5.74, 6) is -0.248. The first-order chi connectivity index (χ1) is 6.55. The monoisotopic (exact) mass is 196 g/mol. The van der Waals surface area contributed by atoms with Crippen LogP contribution in [-0.2, 0) is 7.05 Å². The van der Waals surface area contributed by atoms with Crippen LogP contribution < -0.4 is 0 Å². The Morgan fingerprint density at radius 2 is 2.14 bits per heavy atom. The van der Waals surface area contributed by atoms with Gasteiger partial charge in [0.15, 0.2) is 0 Å². The summed E-state index contributed by atoms with van der Waals surface area (Å²) in [5.41, 5.74) is -0.787. The third-order valence-electron chi connectivity index (χ3n) is 2.65. The van der Waals surface area contributed by atoms with E-state index in [1.54, 1.807) is 33.2 Å². The Balaban J connectivity index is 3.01. The molecule has 1 rings (SSSR count). The van der Waals surface area contributed by atoms with Gasteiger partial charge in [-0.2, -0.15) is 5.10 Å². The molecule has 0 aromatic carbocycles. The Morgan fingerprint density at radius 1 is 1.57 bits per heavy atom. The quantitative estimate of drug-likeness (QED) is 0.735. The van der Waals surface area contributed by atoms with Crippen molar-refractivity contribution in [2.75, 3.05) is 0 Å². The molecule has 1 aromatic rings. The molecule has 0 aliphatic heterocycles. The third kappa shape index (κ3) is 1.70. The van der Waals surface area contributed by atoms with E-state index >= 15 is 0 Å². The molecule has 78 valence electrons. The Labute approximate surface area is 83.5 Å². The fourth-order valence-electron chi connectivity index (χ4n) is 1.41. The zero-order valence-corrected chi connectivity index (χ0v) is 8.82. The first kappa shape index (κ1) is 10.9. The Morgan fingerprint density at radius 3 is 2.50 bits per heavy atom. The average Bonchev–Trinajstić information content (AvgIpc) is 2.62. The third-order valence-corrected chi connectivity index (χ3v) is 2.65. The second kappa shape index (κ2) is 3.92. The van der Waals surface area contributed by atoms with E-state index < -0.39 is 5.60 Å². The van der Waals surface area contributed by atoms with E-state index in [1.807, 2.05) is 0 Å². The lowest BCUT2D eigenvalue weighted by Gasteiger charge is -2.23. The van der Waals surface area contributed by atoms with Crippen LogP contribution in [0, 0.1) is 0 Å². The number of hydrogen-bond donors (Lipinski definition) is 1. The summed E-state index contributed by atoms with van der Waals surface area (Å²) in [5, 5.41) is 13.9. The van der Waals surface area contributed by atoms with E-state index in [1.165, 1.54) is 4.68 Å². The number of ketones is 1. The maximum atomic E-state index is 11.9. The van der Waals surface area contributed by atoms with Gasteiger partial charge in [-0.1, -0.05) is 13.8 Å². The molecular formula is C10H16N2O2. The van der Waals surface area contributed by atoms with Crippen LogP contribution in [0.25, 0.3) is 0 Å². The molecule has 0 bridgehead atoms. The number of Topliss-reactive ketones (excluding diaryl/α,β-unsaturated/α-hetero) is 1. The minimum absolute atomic E-state index is 0.248. The topological polar surface area (TPSA) is 55.1 Å². The largest absolute Gasteiger partial charge is 0.382 e. The van der Waals surface area contributed by atoms with Gasteiger partial charge in [-0.05, 0) is 18.9 Å². The minimum Gasteiger partial charge on any atom is -0.382 e. The Kier molecular flexibility index (Phi) is 3.06. The van der Waals surface area contributed by atoms with Crippen LogP contribution in [0.3, 0.4) is 0 Å². The van der Waals surface area contributed by atoms with Gasteiger partial charge < -0.3 is 5.11 Å². The highest BCUT2D eigenvalue weighted by molar-refractivity contribution is 6.00. The average molecular weight is 196 g/mol. The van der Waals surface area contributed by atoms with Gasteiger partial charge in [0.05, 0.1) is 0 Å². The number of carbonyl (C=O) groups is 1. The maximum Gasteiger partial charge on any atom is 0.212 e. The molecule has 0 unspecified atom stereocenters. The second-order valence-corrected chi connectivity index (χ2v) is 3.41. The fraction of sp³-hybridized carbons (Fsp3) is 0.600. The van der Waals surface area contributed by atoms with Gasteiger partial charge >= 0.3 is 0 Å². The van der Waals surface area contributed by atoms with E-state index in [0.717, 1.165) is 0 Å². The number of hydrogen-bond acceptors (Lipinski definition) is 3. The van der Waals surface area contributed by atoms with Gasteiger partial charge in [0.1, 0.15) is 11.3 Å². The first-order valence-corrected chi connectivity index (χ1v) is 4.80. The number of aromatic nitrogens is 2. The van der Waals surface area contributed by atoms with Crippen molar-refractivity contribution in [1.29, 1.82) is 0 Å². The molecule has 0 aliphatic carbocycles. The number of carbonyl (C=O) groups excluding carboxylic acids is 1. The van der Waals surface area contributed by atoms with Crippen LogP contribution in [0.5, 0.6) is 0 Å². The predicted octanol–water partition coefficient (Wildman–Crippen LogP) is 1.15. The predicted molar refractivity (Wildman–Crippen MR) is 53.1 cm³/mol. The Bertz CT molecular complexity index is 327. The molecule has 14 heavy (non-hydrogen) atoms. The Hall–Kier alpha value is -1.16. The summed E-state index contributed by atoms with van der Waals surface area (Å²) in [4.78, 5) is 11.9. The standard InChI is InChI=1S/C10H16N2O2/c1-4-10(14,5-2)9(13)8-6-7-11-12(8)3/h6-7,14H,4-5H2,1-3H3. The normalized spacial score (nSPS) is 11.7. The number of aryl methyl sites for hydroxylation is 1. The van der Waals surface area contributed by atoms with E-state index in [4.69, 9.17) is 0 Å². The van der Waals surface area contributed by atoms with Crippen molar-refractivity contribution in [3.63, 3.8) is 0 Å². The highest BCUT2D eigenvalue weighted by Crippen LogP contribution is 2.20. The zero-order chi connectivity index (χ0) is 10.8. The van der Waals surface area contributed by atoms with Crippen LogP contribution >= 0.6 is 0 Å². The zero-order valence-electron chi connectivity index (χ0n) is 8.82. The van der Waals surface area contributed by atoms with E-state index in [2.05, 4.69) is 5.10 Å². The van der Waals surface area contributed by atoms with Gasteiger partial charge in [0.2, 0.25) is 5.78 Å². The molecule has 4 nitrogen and oxygen atoms in total. The molecule has 1 heterocycles. The number of rotatable bonds is 4. The summed E-state index contributed by atoms with van der Waals surface area (Å²) in [6, 6.07) is 1.62. The molecule has 1 aromatic heterocycles. The van der Waals surface area contributed by atoms with E-state index in [0.29, 0.717) is 18.5 Å². The summed E-state index contributed by atoms with van der Waals surface area (Å²) in [6.45, 7) is 3.61. The summed E-state index contributed by atoms with van der Waals surface area (Å²) in [7, 11) is 1.69. The van der Waals surface area contributed by atoms with Crippen molar-refractivity contribution in [3.05, 3.63) is 18.0 Å². The molecule has 0 spiro atoms. The summed E-state index contributed by atoms with van der Waals surface area (Å²) in [6.07, 6.45) is 2.40. The highest BCUT2D eigenvalue weighted by atomic mass is 16.3.